The van der Waals surface area contributed by atoms with Gasteiger partial charge >= 0.3 is 0 Å². The van der Waals surface area contributed by atoms with Gasteiger partial charge < -0.3 is 5.73 Å². The van der Waals surface area contributed by atoms with E-state index in [9.17, 15) is 8.78 Å². The van der Waals surface area contributed by atoms with Gasteiger partial charge in [-0.2, -0.15) is 5.10 Å². The number of rotatable bonds is 1. The molecule has 19 heavy (non-hydrogen) atoms. The maximum atomic E-state index is 13.3. The van der Waals surface area contributed by atoms with Crippen LogP contribution in [0.1, 0.15) is 5.69 Å². The Morgan fingerprint density at radius 2 is 1.95 bits per heavy atom. The first kappa shape index (κ1) is 11.6. The van der Waals surface area contributed by atoms with E-state index >= 15 is 0 Å². The molecule has 0 saturated carbocycles. The summed E-state index contributed by atoms with van der Waals surface area (Å²) in [4.78, 5) is 4.20. The fourth-order valence-corrected chi connectivity index (χ4v) is 2.17. The lowest BCUT2D eigenvalue weighted by atomic mass is 10.3. The number of hydrogen-bond donors (Lipinski definition) is 1. The SMILES string of the molecule is Cc1nn(C)c2c1nc(N)n2-c1ccc(F)c(F)c1. The van der Waals surface area contributed by atoms with Gasteiger partial charge in [-0.1, -0.05) is 0 Å². The monoisotopic (exact) mass is 263 g/mol. The van der Waals surface area contributed by atoms with Crippen molar-refractivity contribution >= 4 is 17.1 Å². The van der Waals surface area contributed by atoms with Crippen LogP contribution < -0.4 is 5.73 Å². The molecular formula is C12H11F2N5. The Kier molecular flexibility index (Phi) is 2.31. The zero-order chi connectivity index (χ0) is 13.7. The van der Waals surface area contributed by atoms with Crippen LogP contribution in [0.3, 0.4) is 0 Å². The van der Waals surface area contributed by atoms with Crippen molar-refractivity contribution in [2.45, 2.75) is 6.92 Å². The molecule has 1 aromatic carbocycles. The van der Waals surface area contributed by atoms with Crippen LogP contribution in [-0.4, -0.2) is 19.3 Å². The van der Waals surface area contributed by atoms with E-state index in [4.69, 9.17) is 5.73 Å². The summed E-state index contributed by atoms with van der Waals surface area (Å²) in [7, 11) is 1.74. The van der Waals surface area contributed by atoms with Crippen molar-refractivity contribution < 1.29 is 8.78 Å². The third-order valence-electron chi connectivity index (χ3n) is 2.99. The molecule has 0 aliphatic rings. The second kappa shape index (κ2) is 3.78. The Balaban J connectivity index is 2.35. The predicted molar refractivity (Wildman–Crippen MR) is 66.9 cm³/mol. The number of nitrogens with two attached hydrogens (primary N) is 1. The number of hydrogen-bond acceptors (Lipinski definition) is 3. The number of benzene rings is 1. The second-order valence-corrected chi connectivity index (χ2v) is 4.29. The van der Waals surface area contributed by atoms with Crippen LogP contribution in [-0.2, 0) is 7.05 Å². The summed E-state index contributed by atoms with van der Waals surface area (Å²) in [6.45, 7) is 1.81. The van der Waals surface area contributed by atoms with Gasteiger partial charge in [0, 0.05) is 13.1 Å². The summed E-state index contributed by atoms with van der Waals surface area (Å²) in [6, 6.07) is 3.58. The van der Waals surface area contributed by atoms with Gasteiger partial charge in [0.25, 0.3) is 0 Å². The Labute approximate surface area is 107 Å². The molecule has 0 spiro atoms. The summed E-state index contributed by atoms with van der Waals surface area (Å²) < 4.78 is 29.5. The van der Waals surface area contributed by atoms with E-state index in [1.54, 1.807) is 11.7 Å². The third kappa shape index (κ3) is 1.58. The fraction of sp³-hybridized carbons (Fsp3) is 0.167. The topological polar surface area (TPSA) is 61.7 Å². The maximum Gasteiger partial charge on any atom is 0.207 e. The van der Waals surface area contributed by atoms with E-state index in [2.05, 4.69) is 10.1 Å². The minimum atomic E-state index is -0.933. The van der Waals surface area contributed by atoms with Gasteiger partial charge in [-0.3, -0.25) is 4.57 Å². The van der Waals surface area contributed by atoms with Crippen LogP contribution in [0.15, 0.2) is 18.2 Å². The fourth-order valence-electron chi connectivity index (χ4n) is 2.17. The van der Waals surface area contributed by atoms with Crippen molar-refractivity contribution in [3.8, 4) is 5.69 Å². The zero-order valence-electron chi connectivity index (χ0n) is 10.4. The van der Waals surface area contributed by atoms with Gasteiger partial charge in [0.2, 0.25) is 5.95 Å². The molecule has 0 aliphatic carbocycles. The largest absolute Gasteiger partial charge is 0.369 e. The van der Waals surface area contributed by atoms with Crippen LogP contribution in [0.25, 0.3) is 16.9 Å². The number of aryl methyl sites for hydroxylation is 2. The molecule has 98 valence electrons. The number of halogens is 2. The van der Waals surface area contributed by atoms with E-state index in [1.807, 2.05) is 6.92 Å². The molecule has 0 unspecified atom stereocenters. The van der Waals surface area contributed by atoms with E-state index in [0.29, 0.717) is 16.9 Å². The van der Waals surface area contributed by atoms with Crippen LogP contribution in [0.5, 0.6) is 0 Å². The average molecular weight is 263 g/mol. The van der Waals surface area contributed by atoms with Crippen molar-refractivity contribution in [3.05, 3.63) is 35.5 Å². The van der Waals surface area contributed by atoms with Gasteiger partial charge in [-0.05, 0) is 19.1 Å². The molecule has 3 rings (SSSR count). The molecule has 0 fully saturated rings. The van der Waals surface area contributed by atoms with Gasteiger partial charge in [-0.15, -0.1) is 0 Å². The molecule has 2 heterocycles. The summed E-state index contributed by atoms with van der Waals surface area (Å²) in [5, 5.41) is 4.23. The molecule has 5 nitrogen and oxygen atoms in total. The Bertz CT molecular complexity index is 787. The van der Waals surface area contributed by atoms with E-state index in [0.717, 1.165) is 17.8 Å². The number of anilines is 1. The molecule has 0 amide bonds. The van der Waals surface area contributed by atoms with Crippen molar-refractivity contribution in [2.24, 2.45) is 7.05 Å². The van der Waals surface area contributed by atoms with Gasteiger partial charge in [0.15, 0.2) is 17.3 Å². The number of nitrogen functional groups attached to an aromatic ring is 1. The standard InChI is InChI=1S/C12H11F2N5/c1-6-10-11(18(2)17-6)19(12(15)16-10)7-3-4-8(13)9(14)5-7/h3-5H,1-2H3,(H2,15,16). The zero-order valence-corrected chi connectivity index (χ0v) is 10.4. The van der Waals surface area contributed by atoms with E-state index in [-0.39, 0.29) is 5.95 Å². The second-order valence-electron chi connectivity index (χ2n) is 4.29. The van der Waals surface area contributed by atoms with Gasteiger partial charge in [-0.25, -0.2) is 18.4 Å². The van der Waals surface area contributed by atoms with Gasteiger partial charge in [0.1, 0.15) is 5.52 Å². The first-order valence-electron chi connectivity index (χ1n) is 5.62. The molecule has 0 radical (unpaired) electrons. The lowest BCUT2D eigenvalue weighted by Gasteiger charge is -2.07. The molecule has 3 aromatic rings. The van der Waals surface area contributed by atoms with Crippen LogP contribution >= 0.6 is 0 Å². The molecule has 0 bridgehead atoms. The molecule has 7 heteroatoms. The Morgan fingerprint density at radius 3 is 2.63 bits per heavy atom. The summed E-state index contributed by atoms with van der Waals surface area (Å²) >= 11 is 0. The highest BCUT2D eigenvalue weighted by Gasteiger charge is 2.17. The van der Waals surface area contributed by atoms with Crippen molar-refractivity contribution in [1.82, 2.24) is 19.3 Å². The number of fused-ring (bicyclic) bond motifs is 1. The summed E-state index contributed by atoms with van der Waals surface area (Å²) in [5.41, 5.74) is 8.27. The first-order chi connectivity index (χ1) is 8.99. The lowest BCUT2D eigenvalue weighted by molar-refractivity contribution is 0.508. The molecule has 2 aromatic heterocycles. The molecule has 0 aliphatic heterocycles. The highest BCUT2D eigenvalue weighted by atomic mass is 19.2. The Morgan fingerprint density at radius 1 is 1.21 bits per heavy atom. The summed E-state index contributed by atoms with van der Waals surface area (Å²) in [5.74, 6) is -1.63. The minimum absolute atomic E-state index is 0.206. The van der Waals surface area contributed by atoms with E-state index < -0.39 is 11.6 Å². The number of imidazole rings is 1. The first-order valence-corrected chi connectivity index (χ1v) is 5.62. The van der Waals surface area contributed by atoms with Gasteiger partial charge in [0.05, 0.1) is 11.4 Å². The lowest BCUT2D eigenvalue weighted by Crippen LogP contribution is -2.05. The van der Waals surface area contributed by atoms with Crippen molar-refractivity contribution in [2.75, 3.05) is 5.73 Å². The van der Waals surface area contributed by atoms with Crippen LogP contribution in [0.4, 0.5) is 14.7 Å². The minimum Gasteiger partial charge on any atom is -0.369 e. The van der Waals surface area contributed by atoms with Crippen molar-refractivity contribution in [3.63, 3.8) is 0 Å². The smallest absolute Gasteiger partial charge is 0.207 e. The van der Waals surface area contributed by atoms with Crippen LogP contribution in [0, 0.1) is 18.6 Å². The Hall–Kier alpha value is -2.44. The van der Waals surface area contributed by atoms with Crippen LogP contribution in [0.2, 0.25) is 0 Å². The highest BCUT2D eigenvalue weighted by molar-refractivity contribution is 5.79. The highest BCUT2D eigenvalue weighted by Crippen LogP contribution is 2.25. The quantitative estimate of drug-likeness (QED) is 0.729. The third-order valence-corrected chi connectivity index (χ3v) is 2.99. The van der Waals surface area contributed by atoms with E-state index in [1.165, 1.54) is 10.6 Å². The van der Waals surface area contributed by atoms with Crippen molar-refractivity contribution in [1.29, 1.82) is 0 Å². The molecule has 2 N–H and O–H groups in total. The average Bonchev–Trinajstić information content (AvgIpc) is 2.82. The number of aromatic nitrogens is 4. The summed E-state index contributed by atoms with van der Waals surface area (Å²) in [6.07, 6.45) is 0. The maximum absolute atomic E-state index is 13.3. The molecule has 0 saturated heterocycles. The number of nitrogens with zero attached hydrogens (tertiary/aromatic N) is 4. The predicted octanol–water partition coefficient (Wildman–Crippen LogP) is 1.93. The normalized spacial score (nSPS) is 11.4. The molecule has 0 atom stereocenters. The molecular weight excluding hydrogens is 252 g/mol.